The summed E-state index contributed by atoms with van der Waals surface area (Å²) >= 11 is 0. The summed E-state index contributed by atoms with van der Waals surface area (Å²) in [5, 5.41) is 14.5. The summed E-state index contributed by atoms with van der Waals surface area (Å²) in [6, 6.07) is 15.4. The number of sulfonamides is 1. The topological polar surface area (TPSA) is 118 Å². The predicted octanol–water partition coefficient (Wildman–Crippen LogP) is 4.81. The van der Waals surface area contributed by atoms with E-state index in [1.54, 1.807) is 39.0 Å². The first kappa shape index (κ1) is 35.8. The number of rotatable bonds is 14. The molecule has 1 fully saturated rings. The molecule has 11 heteroatoms. The second kappa shape index (κ2) is 14.6. The zero-order valence-corrected chi connectivity index (χ0v) is 28.3. The molecule has 0 radical (unpaired) electrons. The van der Waals surface area contributed by atoms with Crippen LogP contribution < -0.4 is 10.2 Å². The summed E-state index contributed by atoms with van der Waals surface area (Å²) in [5.74, 6) is -0.710. The second-order valence-electron chi connectivity index (χ2n) is 13.7. The molecule has 2 N–H and O–H groups in total. The Morgan fingerprint density at radius 2 is 1.68 bits per heavy atom. The molecule has 0 bridgehead atoms. The maximum atomic E-state index is 14.3. The highest BCUT2D eigenvalue weighted by Gasteiger charge is 2.38. The van der Waals surface area contributed by atoms with Crippen LogP contribution in [0.2, 0.25) is 0 Å². The zero-order valence-electron chi connectivity index (χ0n) is 27.5. The van der Waals surface area contributed by atoms with Crippen LogP contribution >= 0.6 is 0 Å². The SMILES string of the molecule is CN(C)c1cccc(S(=O)(=O)N(CC(O)[C@H](Cc2ccccc2)NC(=O)OC(C)(C)C)CC(C)(C)CCC2(C)OCCO2)c1. The molecular weight excluding hydrogens is 582 g/mol. The molecule has 3 rings (SSSR count). The Morgan fingerprint density at radius 3 is 2.27 bits per heavy atom. The van der Waals surface area contributed by atoms with Gasteiger partial charge in [0.25, 0.3) is 0 Å². The number of benzene rings is 2. The standard InChI is InChI=1S/C33H51N3O7S/c1-31(2,3)43-30(38)34-28(21-25-13-10-9-11-14-25)29(37)23-36(24-32(4,5)17-18-33(6)41-19-20-42-33)44(39,40)27-16-12-15-26(22-27)35(7)8/h9-16,22,28-29,37H,17-21,23-24H2,1-8H3,(H,34,38)/t28-,29?/m0/s1. The van der Waals surface area contributed by atoms with Crippen molar-refractivity contribution in [2.75, 3.05) is 45.3 Å². The Morgan fingerprint density at radius 1 is 1.05 bits per heavy atom. The van der Waals surface area contributed by atoms with Crippen molar-refractivity contribution in [3.8, 4) is 0 Å². The maximum Gasteiger partial charge on any atom is 0.407 e. The molecule has 1 aliphatic rings. The Labute approximate surface area is 263 Å². The number of hydrogen-bond acceptors (Lipinski definition) is 8. The van der Waals surface area contributed by atoms with Crippen LogP contribution in [0, 0.1) is 5.41 Å². The molecule has 2 aromatic carbocycles. The Kier molecular flexibility index (Phi) is 11.9. The van der Waals surface area contributed by atoms with Crippen molar-refractivity contribution in [3.63, 3.8) is 0 Å². The fourth-order valence-corrected chi connectivity index (χ4v) is 6.77. The van der Waals surface area contributed by atoms with Crippen LogP contribution in [-0.4, -0.2) is 87.9 Å². The van der Waals surface area contributed by atoms with E-state index < -0.39 is 45.1 Å². The number of carbonyl (C=O) groups excluding carboxylic acids is 1. The number of nitrogens with zero attached hydrogens (tertiary/aromatic N) is 2. The number of carbonyl (C=O) groups is 1. The molecule has 44 heavy (non-hydrogen) atoms. The van der Waals surface area contributed by atoms with Gasteiger partial charge in [-0.3, -0.25) is 0 Å². The molecule has 1 aliphatic heterocycles. The molecule has 2 atom stereocenters. The van der Waals surface area contributed by atoms with Gasteiger partial charge in [0.05, 0.1) is 30.3 Å². The molecule has 1 saturated heterocycles. The molecule has 0 aliphatic carbocycles. The highest BCUT2D eigenvalue weighted by molar-refractivity contribution is 7.89. The highest BCUT2D eigenvalue weighted by Crippen LogP contribution is 2.34. The van der Waals surface area contributed by atoms with Gasteiger partial charge in [0.1, 0.15) is 5.60 Å². The first-order chi connectivity index (χ1) is 20.4. The van der Waals surface area contributed by atoms with Gasteiger partial charge in [-0.25, -0.2) is 13.2 Å². The van der Waals surface area contributed by atoms with Gasteiger partial charge in [-0.1, -0.05) is 50.2 Å². The highest BCUT2D eigenvalue weighted by atomic mass is 32.2. The minimum absolute atomic E-state index is 0.124. The van der Waals surface area contributed by atoms with Crippen molar-refractivity contribution < 1.29 is 32.5 Å². The summed E-state index contributed by atoms with van der Waals surface area (Å²) in [6.45, 7) is 12.1. The molecule has 2 aromatic rings. The van der Waals surface area contributed by atoms with Gasteiger partial charge >= 0.3 is 6.09 Å². The third kappa shape index (κ3) is 10.7. The van der Waals surface area contributed by atoms with E-state index in [1.165, 1.54) is 4.31 Å². The minimum atomic E-state index is -4.06. The smallest absolute Gasteiger partial charge is 0.407 e. The molecule has 10 nitrogen and oxygen atoms in total. The van der Waals surface area contributed by atoms with E-state index in [4.69, 9.17) is 14.2 Å². The number of ether oxygens (including phenoxy) is 3. The van der Waals surface area contributed by atoms with E-state index in [9.17, 15) is 18.3 Å². The molecule has 1 amide bonds. The molecule has 0 spiro atoms. The van der Waals surface area contributed by atoms with Crippen LogP contribution in [0.25, 0.3) is 0 Å². The second-order valence-corrected chi connectivity index (χ2v) is 15.6. The van der Waals surface area contributed by atoms with E-state index >= 15 is 0 Å². The lowest BCUT2D eigenvalue weighted by atomic mass is 9.86. The monoisotopic (exact) mass is 633 g/mol. The Balaban J connectivity index is 1.93. The van der Waals surface area contributed by atoms with E-state index in [-0.39, 0.29) is 24.4 Å². The number of hydrogen-bond donors (Lipinski definition) is 2. The quantitative estimate of drug-likeness (QED) is 0.305. The van der Waals surface area contributed by atoms with Crippen molar-refractivity contribution in [1.29, 1.82) is 0 Å². The largest absolute Gasteiger partial charge is 0.444 e. The van der Waals surface area contributed by atoms with Gasteiger partial charge in [0.15, 0.2) is 5.79 Å². The lowest BCUT2D eigenvalue weighted by Gasteiger charge is -2.36. The normalized spacial score (nSPS) is 16.9. The van der Waals surface area contributed by atoms with Gasteiger partial charge in [0, 0.05) is 39.3 Å². The van der Waals surface area contributed by atoms with Crippen molar-refractivity contribution in [2.45, 2.75) is 89.2 Å². The average Bonchev–Trinajstić information content (AvgIpc) is 3.37. The number of aliphatic hydroxyl groups is 1. The molecule has 0 aromatic heterocycles. The van der Waals surface area contributed by atoms with Crippen molar-refractivity contribution >= 4 is 21.8 Å². The maximum absolute atomic E-state index is 14.3. The van der Waals surface area contributed by atoms with E-state index in [0.717, 1.165) is 11.3 Å². The first-order valence-electron chi connectivity index (χ1n) is 15.2. The zero-order chi connectivity index (χ0) is 32.8. The number of nitrogens with one attached hydrogen (secondary N) is 1. The Bertz CT molecular complexity index is 1320. The number of anilines is 1. The Hall–Kier alpha value is -2.70. The summed E-state index contributed by atoms with van der Waals surface area (Å²) in [6.07, 6.45) is -0.446. The average molecular weight is 634 g/mol. The van der Waals surface area contributed by atoms with Gasteiger partial charge in [-0.15, -0.1) is 0 Å². The molecule has 1 unspecified atom stereocenters. The van der Waals surface area contributed by atoms with Crippen LogP contribution in [0.15, 0.2) is 59.5 Å². The first-order valence-corrected chi connectivity index (χ1v) is 16.6. The van der Waals surface area contributed by atoms with Crippen molar-refractivity contribution in [2.24, 2.45) is 5.41 Å². The third-order valence-electron chi connectivity index (χ3n) is 7.59. The van der Waals surface area contributed by atoms with Gasteiger partial charge < -0.3 is 29.5 Å². The fraction of sp³-hybridized carbons (Fsp3) is 0.606. The lowest BCUT2D eigenvalue weighted by molar-refractivity contribution is -0.151. The lowest BCUT2D eigenvalue weighted by Crippen LogP contribution is -2.52. The third-order valence-corrected chi connectivity index (χ3v) is 9.39. The van der Waals surface area contributed by atoms with Crippen molar-refractivity contribution in [3.05, 3.63) is 60.2 Å². The minimum Gasteiger partial charge on any atom is -0.444 e. The molecule has 246 valence electrons. The molecule has 1 heterocycles. The summed E-state index contributed by atoms with van der Waals surface area (Å²) in [7, 11) is -0.366. The molecule has 0 saturated carbocycles. The summed E-state index contributed by atoms with van der Waals surface area (Å²) in [5.41, 5.74) is 0.373. The molecular formula is C33H51N3O7S. The van der Waals surface area contributed by atoms with Gasteiger partial charge in [-0.2, -0.15) is 4.31 Å². The van der Waals surface area contributed by atoms with E-state index in [0.29, 0.717) is 26.1 Å². The predicted molar refractivity (Wildman–Crippen MR) is 172 cm³/mol. The number of alkyl carbamates (subject to hydrolysis) is 1. The van der Waals surface area contributed by atoms with Crippen LogP contribution in [0.1, 0.15) is 59.9 Å². The van der Waals surface area contributed by atoms with E-state index in [2.05, 4.69) is 5.32 Å². The van der Waals surface area contributed by atoms with Gasteiger partial charge in [-0.05, 0) is 69.7 Å². The summed E-state index contributed by atoms with van der Waals surface area (Å²) < 4.78 is 46.9. The van der Waals surface area contributed by atoms with E-state index in [1.807, 2.05) is 76.2 Å². The number of aliphatic hydroxyl groups excluding tert-OH is 1. The number of amides is 1. The van der Waals surface area contributed by atoms with Crippen LogP contribution in [0.4, 0.5) is 10.5 Å². The fourth-order valence-electron chi connectivity index (χ4n) is 5.09. The van der Waals surface area contributed by atoms with Crippen LogP contribution in [-0.2, 0) is 30.7 Å². The van der Waals surface area contributed by atoms with Crippen LogP contribution in [0.3, 0.4) is 0 Å². The van der Waals surface area contributed by atoms with Crippen LogP contribution in [0.5, 0.6) is 0 Å². The van der Waals surface area contributed by atoms with Crippen molar-refractivity contribution in [1.82, 2.24) is 9.62 Å². The summed E-state index contributed by atoms with van der Waals surface area (Å²) in [4.78, 5) is 14.8. The van der Waals surface area contributed by atoms with Gasteiger partial charge in [0.2, 0.25) is 10.0 Å².